The number of rotatable bonds is 5. The van der Waals surface area contributed by atoms with E-state index in [4.69, 9.17) is 4.74 Å². The van der Waals surface area contributed by atoms with Gasteiger partial charge in [-0.05, 0) is 73.0 Å². The van der Waals surface area contributed by atoms with Crippen molar-refractivity contribution in [3.63, 3.8) is 0 Å². The molecule has 0 bridgehead atoms. The SMILES string of the molecule is COc1ccc(N2C(=O)CC[C@H](C(=O)Nc3ccc(C)c(F)c3)[C@@H]2c2ccc(F)cc2)cc1. The molecule has 1 fully saturated rings. The second-order valence-corrected chi connectivity index (χ2v) is 8.06. The van der Waals surface area contributed by atoms with E-state index in [1.165, 1.54) is 18.2 Å². The van der Waals surface area contributed by atoms with Crippen LogP contribution in [-0.4, -0.2) is 18.9 Å². The van der Waals surface area contributed by atoms with Gasteiger partial charge in [0.05, 0.1) is 19.1 Å². The van der Waals surface area contributed by atoms with Gasteiger partial charge in [0.2, 0.25) is 11.8 Å². The maximum atomic E-state index is 14.0. The van der Waals surface area contributed by atoms with Gasteiger partial charge in [-0.3, -0.25) is 9.59 Å². The molecule has 3 aromatic rings. The van der Waals surface area contributed by atoms with Crippen LogP contribution in [0.3, 0.4) is 0 Å². The molecule has 3 aromatic carbocycles. The van der Waals surface area contributed by atoms with E-state index in [2.05, 4.69) is 5.32 Å². The van der Waals surface area contributed by atoms with Crippen LogP contribution < -0.4 is 15.0 Å². The molecule has 1 saturated heterocycles. The van der Waals surface area contributed by atoms with Crippen molar-refractivity contribution in [3.8, 4) is 5.75 Å². The van der Waals surface area contributed by atoms with E-state index >= 15 is 0 Å². The first-order valence-corrected chi connectivity index (χ1v) is 10.7. The number of hydrogen-bond donors (Lipinski definition) is 1. The second-order valence-electron chi connectivity index (χ2n) is 8.06. The van der Waals surface area contributed by atoms with E-state index in [1.54, 1.807) is 67.5 Å². The van der Waals surface area contributed by atoms with Crippen LogP contribution in [0.4, 0.5) is 20.2 Å². The Balaban J connectivity index is 1.72. The van der Waals surface area contributed by atoms with Crippen LogP contribution in [0.5, 0.6) is 5.75 Å². The van der Waals surface area contributed by atoms with E-state index in [0.717, 1.165) is 0 Å². The van der Waals surface area contributed by atoms with Gasteiger partial charge in [-0.2, -0.15) is 0 Å². The summed E-state index contributed by atoms with van der Waals surface area (Å²) in [6.45, 7) is 1.64. The Morgan fingerprint density at radius 2 is 1.73 bits per heavy atom. The maximum Gasteiger partial charge on any atom is 0.229 e. The molecule has 4 rings (SSSR count). The van der Waals surface area contributed by atoms with Gasteiger partial charge in [0.15, 0.2) is 0 Å². The highest BCUT2D eigenvalue weighted by Gasteiger charge is 2.41. The van der Waals surface area contributed by atoms with E-state index in [-0.39, 0.29) is 18.2 Å². The molecule has 5 nitrogen and oxygen atoms in total. The van der Waals surface area contributed by atoms with Crippen molar-refractivity contribution in [1.29, 1.82) is 0 Å². The highest BCUT2D eigenvalue weighted by atomic mass is 19.1. The zero-order valence-electron chi connectivity index (χ0n) is 18.3. The zero-order valence-corrected chi connectivity index (χ0v) is 18.3. The fraction of sp³-hybridized carbons (Fsp3) is 0.231. The minimum Gasteiger partial charge on any atom is -0.497 e. The summed E-state index contributed by atoms with van der Waals surface area (Å²) in [6, 6.07) is 16.6. The Hall–Kier alpha value is -3.74. The average molecular weight is 450 g/mol. The number of methoxy groups -OCH3 is 1. The molecule has 170 valence electrons. The number of nitrogens with one attached hydrogen (secondary N) is 1. The number of hydrogen-bond acceptors (Lipinski definition) is 3. The zero-order chi connectivity index (χ0) is 23.5. The van der Waals surface area contributed by atoms with Crippen molar-refractivity contribution in [1.82, 2.24) is 0 Å². The van der Waals surface area contributed by atoms with Crippen molar-refractivity contribution in [2.24, 2.45) is 5.92 Å². The first-order chi connectivity index (χ1) is 15.9. The number of ether oxygens (including phenoxy) is 1. The summed E-state index contributed by atoms with van der Waals surface area (Å²) in [5, 5.41) is 2.78. The van der Waals surface area contributed by atoms with Crippen molar-refractivity contribution in [3.05, 3.63) is 89.5 Å². The van der Waals surface area contributed by atoms with Gasteiger partial charge >= 0.3 is 0 Å². The molecule has 2 amide bonds. The number of halogens is 2. The molecule has 1 aliphatic heterocycles. The second kappa shape index (κ2) is 9.40. The summed E-state index contributed by atoms with van der Waals surface area (Å²) in [6.07, 6.45) is 0.484. The van der Waals surface area contributed by atoms with Gasteiger partial charge in [0.25, 0.3) is 0 Å². The standard InChI is InChI=1S/C26H24F2N2O3/c1-16-3-8-19(15-23(16)28)29-26(32)22-13-14-24(31)30(20-9-11-21(33-2)12-10-20)25(22)17-4-6-18(27)7-5-17/h3-12,15,22,25H,13-14H2,1-2H3,(H,29,32)/t22-,25-/m0/s1. The average Bonchev–Trinajstić information content (AvgIpc) is 2.82. The topological polar surface area (TPSA) is 58.6 Å². The number of anilines is 2. The number of piperidine rings is 1. The number of benzene rings is 3. The minimum atomic E-state index is -0.657. The van der Waals surface area contributed by atoms with Gasteiger partial charge in [-0.15, -0.1) is 0 Å². The molecule has 1 heterocycles. The Morgan fingerprint density at radius 1 is 1.03 bits per heavy atom. The Labute approximate surface area is 191 Å². The lowest BCUT2D eigenvalue weighted by Gasteiger charge is -2.41. The minimum absolute atomic E-state index is 0.139. The quantitative estimate of drug-likeness (QED) is 0.566. The van der Waals surface area contributed by atoms with Crippen LogP contribution >= 0.6 is 0 Å². The molecule has 7 heteroatoms. The maximum absolute atomic E-state index is 14.0. The van der Waals surface area contributed by atoms with E-state index < -0.39 is 23.6 Å². The monoisotopic (exact) mass is 450 g/mol. The van der Waals surface area contributed by atoms with E-state index in [1.807, 2.05) is 0 Å². The summed E-state index contributed by atoms with van der Waals surface area (Å²) < 4.78 is 32.8. The van der Waals surface area contributed by atoms with Crippen LogP contribution in [0.1, 0.15) is 30.0 Å². The molecule has 0 saturated carbocycles. The first-order valence-electron chi connectivity index (χ1n) is 10.7. The first kappa shape index (κ1) is 22.5. The largest absolute Gasteiger partial charge is 0.497 e. The third kappa shape index (κ3) is 4.72. The summed E-state index contributed by atoms with van der Waals surface area (Å²) in [5.41, 5.74) is 2.06. The lowest BCUT2D eigenvalue weighted by molar-refractivity contribution is -0.125. The fourth-order valence-corrected chi connectivity index (χ4v) is 4.16. The molecule has 0 spiro atoms. The summed E-state index contributed by atoms with van der Waals surface area (Å²) >= 11 is 0. The molecule has 0 aromatic heterocycles. The van der Waals surface area contributed by atoms with E-state index in [0.29, 0.717) is 34.7 Å². The van der Waals surface area contributed by atoms with Crippen molar-refractivity contribution < 1.29 is 23.1 Å². The van der Waals surface area contributed by atoms with Crippen LogP contribution in [0, 0.1) is 24.5 Å². The molecule has 1 N–H and O–H groups in total. The van der Waals surface area contributed by atoms with Crippen molar-refractivity contribution in [2.45, 2.75) is 25.8 Å². The van der Waals surface area contributed by atoms with Crippen molar-refractivity contribution >= 4 is 23.2 Å². The molecule has 1 aliphatic rings. The molecular weight excluding hydrogens is 426 g/mol. The molecule has 0 unspecified atom stereocenters. The third-order valence-electron chi connectivity index (χ3n) is 5.94. The number of nitrogens with zero attached hydrogens (tertiary/aromatic N) is 1. The Morgan fingerprint density at radius 3 is 2.36 bits per heavy atom. The normalized spacial score (nSPS) is 18.2. The summed E-state index contributed by atoms with van der Waals surface area (Å²) in [7, 11) is 1.55. The lowest BCUT2D eigenvalue weighted by Crippen LogP contribution is -2.47. The molecule has 33 heavy (non-hydrogen) atoms. The molecule has 0 aliphatic carbocycles. The predicted molar refractivity (Wildman–Crippen MR) is 122 cm³/mol. The molecular formula is C26H24F2N2O3. The molecule has 2 atom stereocenters. The predicted octanol–water partition coefficient (Wildman–Crippen LogP) is 5.40. The van der Waals surface area contributed by atoms with Gasteiger partial charge in [0, 0.05) is 17.8 Å². The number of carbonyl (C=O) groups excluding carboxylic acids is 2. The number of carbonyl (C=O) groups is 2. The number of aryl methyl sites for hydroxylation is 1. The van der Waals surface area contributed by atoms with Gasteiger partial charge in [-0.1, -0.05) is 18.2 Å². The number of amides is 2. The summed E-state index contributed by atoms with van der Waals surface area (Å²) in [4.78, 5) is 28.0. The van der Waals surface area contributed by atoms with Crippen LogP contribution in [0.2, 0.25) is 0 Å². The lowest BCUT2D eigenvalue weighted by atomic mass is 9.83. The van der Waals surface area contributed by atoms with Crippen LogP contribution in [0.25, 0.3) is 0 Å². The van der Waals surface area contributed by atoms with Gasteiger partial charge in [0.1, 0.15) is 17.4 Å². The summed E-state index contributed by atoms with van der Waals surface area (Å²) in [5.74, 6) is -1.29. The van der Waals surface area contributed by atoms with Crippen molar-refractivity contribution in [2.75, 3.05) is 17.3 Å². The smallest absolute Gasteiger partial charge is 0.229 e. The van der Waals surface area contributed by atoms with Crippen LogP contribution in [-0.2, 0) is 9.59 Å². The fourth-order valence-electron chi connectivity index (χ4n) is 4.16. The van der Waals surface area contributed by atoms with Gasteiger partial charge in [-0.25, -0.2) is 8.78 Å². The highest BCUT2D eigenvalue weighted by Crippen LogP contribution is 2.41. The Kier molecular flexibility index (Phi) is 6.40. The van der Waals surface area contributed by atoms with E-state index in [9.17, 15) is 18.4 Å². The molecule has 0 radical (unpaired) electrons. The third-order valence-corrected chi connectivity index (χ3v) is 5.94. The van der Waals surface area contributed by atoms with Gasteiger partial charge < -0.3 is 15.0 Å². The highest BCUT2D eigenvalue weighted by molar-refractivity contribution is 6.00. The van der Waals surface area contributed by atoms with Crippen LogP contribution in [0.15, 0.2) is 66.7 Å². The Bertz CT molecular complexity index is 1160.